The van der Waals surface area contributed by atoms with Crippen LogP contribution in [-0.4, -0.2) is 22.2 Å². The van der Waals surface area contributed by atoms with Gasteiger partial charge in [0.25, 0.3) is 0 Å². The minimum Gasteiger partial charge on any atom is -0.478 e. The number of aliphatic carboxylic acids is 2. The maximum absolute atomic E-state index is 11.2. The molecule has 2 N–H and O–H groups in total. The van der Waals surface area contributed by atoms with Crippen LogP contribution in [0.5, 0.6) is 0 Å². The van der Waals surface area contributed by atoms with E-state index in [1.54, 1.807) is 48.5 Å². The fourth-order valence-corrected chi connectivity index (χ4v) is 2.19. The van der Waals surface area contributed by atoms with Gasteiger partial charge >= 0.3 is 11.9 Å². The predicted octanol–water partition coefficient (Wildman–Crippen LogP) is 3.55. The van der Waals surface area contributed by atoms with E-state index >= 15 is 0 Å². The number of hydrogen-bond acceptors (Lipinski definition) is 2. The second-order valence-corrected chi connectivity index (χ2v) is 4.66. The van der Waals surface area contributed by atoms with Gasteiger partial charge in [-0.05, 0) is 22.3 Å². The molecule has 0 aliphatic carbocycles. The van der Waals surface area contributed by atoms with Gasteiger partial charge in [0, 0.05) is 0 Å². The molecule has 0 heterocycles. The van der Waals surface area contributed by atoms with Gasteiger partial charge in [-0.2, -0.15) is 0 Å². The third-order valence-corrected chi connectivity index (χ3v) is 3.31. The van der Waals surface area contributed by atoms with Crippen LogP contribution in [-0.2, 0) is 9.59 Å². The lowest BCUT2D eigenvalue weighted by atomic mass is 9.90. The molecule has 0 aliphatic heterocycles. The van der Waals surface area contributed by atoms with Crippen molar-refractivity contribution in [2.75, 3.05) is 0 Å². The molecule has 0 amide bonds. The molecule has 22 heavy (non-hydrogen) atoms. The number of rotatable bonds is 5. The smallest absolute Gasteiger partial charge is 0.335 e. The summed E-state index contributed by atoms with van der Waals surface area (Å²) in [4.78, 5) is 22.4. The van der Waals surface area contributed by atoms with Crippen LogP contribution in [0, 0.1) is 0 Å². The average molecular weight is 294 g/mol. The Hall–Kier alpha value is -3.14. The number of carboxylic acids is 2. The Labute approximate surface area is 127 Å². The molecule has 0 aliphatic rings. The largest absolute Gasteiger partial charge is 0.478 e. The van der Waals surface area contributed by atoms with Gasteiger partial charge in [-0.15, -0.1) is 0 Å². The first kappa shape index (κ1) is 15.3. The molecule has 0 radical (unpaired) electrons. The van der Waals surface area contributed by atoms with Crippen LogP contribution in [0.2, 0.25) is 0 Å². The standard InChI is InChI=1S/C18H14O4/c1-11(17(19)20)13-7-3-5-9-15(13)16-10-6-4-8-14(16)12(2)18(21)22/h3-10H,1-2H2,(H,19,20)(H,21,22). The highest BCUT2D eigenvalue weighted by molar-refractivity contribution is 6.19. The van der Waals surface area contributed by atoms with Gasteiger partial charge in [0.1, 0.15) is 0 Å². The van der Waals surface area contributed by atoms with Gasteiger partial charge in [-0.25, -0.2) is 9.59 Å². The van der Waals surface area contributed by atoms with Crippen molar-refractivity contribution in [3.63, 3.8) is 0 Å². The number of benzene rings is 2. The second kappa shape index (κ2) is 6.10. The monoisotopic (exact) mass is 294 g/mol. The Bertz CT molecular complexity index is 720. The van der Waals surface area contributed by atoms with Gasteiger partial charge in [0.2, 0.25) is 0 Å². The Balaban J connectivity index is 2.69. The first-order valence-electron chi connectivity index (χ1n) is 6.47. The SMILES string of the molecule is C=C(C(=O)O)c1ccccc1-c1ccccc1C(=C)C(=O)O. The molecule has 2 aromatic carbocycles. The summed E-state index contributed by atoms with van der Waals surface area (Å²) in [6.07, 6.45) is 0. The minimum atomic E-state index is -1.12. The summed E-state index contributed by atoms with van der Waals surface area (Å²) in [6.45, 7) is 7.16. The van der Waals surface area contributed by atoms with E-state index in [4.69, 9.17) is 10.2 Å². The van der Waals surface area contributed by atoms with E-state index in [0.29, 0.717) is 22.3 Å². The van der Waals surface area contributed by atoms with E-state index in [1.165, 1.54) is 0 Å². The highest BCUT2D eigenvalue weighted by Gasteiger charge is 2.17. The fourth-order valence-electron chi connectivity index (χ4n) is 2.19. The molecule has 0 unspecified atom stereocenters. The molecule has 0 spiro atoms. The Morgan fingerprint density at radius 1 is 0.682 bits per heavy atom. The van der Waals surface area contributed by atoms with Gasteiger partial charge < -0.3 is 10.2 Å². The van der Waals surface area contributed by atoms with Crippen molar-refractivity contribution in [3.8, 4) is 11.1 Å². The molecule has 0 atom stereocenters. The second-order valence-electron chi connectivity index (χ2n) is 4.66. The molecule has 0 fully saturated rings. The zero-order valence-electron chi connectivity index (χ0n) is 11.7. The lowest BCUT2D eigenvalue weighted by Gasteiger charge is -2.14. The van der Waals surface area contributed by atoms with Crippen molar-refractivity contribution in [2.24, 2.45) is 0 Å². The molecule has 2 aromatic rings. The summed E-state index contributed by atoms with van der Waals surface area (Å²) < 4.78 is 0. The van der Waals surface area contributed by atoms with E-state index in [1.807, 2.05) is 0 Å². The van der Waals surface area contributed by atoms with Gasteiger partial charge in [0.15, 0.2) is 0 Å². The summed E-state index contributed by atoms with van der Waals surface area (Å²) >= 11 is 0. The van der Waals surface area contributed by atoms with Crippen LogP contribution in [0.1, 0.15) is 11.1 Å². The van der Waals surface area contributed by atoms with E-state index in [9.17, 15) is 9.59 Å². The summed E-state index contributed by atoms with van der Waals surface area (Å²) in [5, 5.41) is 18.3. The third-order valence-electron chi connectivity index (χ3n) is 3.31. The maximum atomic E-state index is 11.2. The summed E-state index contributed by atoms with van der Waals surface area (Å²) in [5.41, 5.74) is 2.00. The van der Waals surface area contributed by atoms with E-state index in [-0.39, 0.29) is 11.1 Å². The van der Waals surface area contributed by atoms with Gasteiger partial charge in [0.05, 0.1) is 11.1 Å². The molecular formula is C18H14O4. The molecule has 2 rings (SSSR count). The molecule has 0 aromatic heterocycles. The van der Waals surface area contributed by atoms with Crippen LogP contribution in [0.15, 0.2) is 61.7 Å². The molecule has 0 saturated heterocycles. The summed E-state index contributed by atoms with van der Waals surface area (Å²) in [6, 6.07) is 13.7. The van der Waals surface area contributed by atoms with E-state index < -0.39 is 11.9 Å². The van der Waals surface area contributed by atoms with Crippen LogP contribution in [0.25, 0.3) is 22.3 Å². The highest BCUT2D eigenvalue weighted by atomic mass is 16.4. The van der Waals surface area contributed by atoms with Crippen molar-refractivity contribution in [3.05, 3.63) is 72.8 Å². The Morgan fingerprint density at radius 3 is 1.32 bits per heavy atom. The van der Waals surface area contributed by atoms with Crippen molar-refractivity contribution >= 4 is 23.1 Å². The zero-order chi connectivity index (χ0) is 16.3. The number of hydrogen-bond donors (Lipinski definition) is 2. The number of carboxylic acid groups (broad SMARTS) is 2. The lowest BCUT2D eigenvalue weighted by molar-refractivity contribution is -0.131. The molecule has 4 nitrogen and oxygen atoms in total. The fraction of sp³-hybridized carbons (Fsp3) is 0. The molecule has 110 valence electrons. The molecule has 0 saturated carbocycles. The normalized spacial score (nSPS) is 10.0. The van der Waals surface area contributed by atoms with Crippen molar-refractivity contribution < 1.29 is 19.8 Å². The predicted molar refractivity (Wildman–Crippen MR) is 85.2 cm³/mol. The van der Waals surface area contributed by atoms with E-state index in [0.717, 1.165) is 0 Å². The summed E-state index contributed by atoms with van der Waals surface area (Å²) in [5.74, 6) is -2.25. The third kappa shape index (κ3) is 2.81. The minimum absolute atomic E-state index is 0.0497. The highest BCUT2D eigenvalue weighted by Crippen LogP contribution is 2.33. The molecule has 0 bridgehead atoms. The first-order valence-corrected chi connectivity index (χ1v) is 6.47. The van der Waals surface area contributed by atoms with Gasteiger partial charge in [-0.1, -0.05) is 61.7 Å². The first-order chi connectivity index (χ1) is 10.4. The average Bonchev–Trinajstić information content (AvgIpc) is 2.53. The summed E-state index contributed by atoms with van der Waals surface area (Å²) in [7, 11) is 0. The van der Waals surface area contributed by atoms with Crippen molar-refractivity contribution in [1.29, 1.82) is 0 Å². The molecule has 4 heteroatoms. The lowest BCUT2D eigenvalue weighted by Crippen LogP contribution is -2.03. The number of carbonyl (C=O) groups is 2. The van der Waals surface area contributed by atoms with Crippen LogP contribution in [0.4, 0.5) is 0 Å². The van der Waals surface area contributed by atoms with Gasteiger partial charge in [-0.3, -0.25) is 0 Å². The maximum Gasteiger partial charge on any atom is 0.335 e. The molecular weight excluding hydrogens is 280 g/mol. The zero-order valence-corrected chi connectivity index (χ0v) is 11.7. The van der Waals surface area contributed by atoms with Crippen molar-refractivity contribution in [1.82, 2.24) is 0 Å². The Morgan fingerprint density at radius 2 is 1.00 bits per heavy atom. The van der Waals surface area contributed by atoms with Crippen LogP contribution in [0.3, 0.4) is 0 Å². The Kier molecular flexibility index (Phi) is 4.23. The topological polar surface area (TPSA) is 74.6 Å². The van der Waals surface area contributed by atoms with Crippen LogP contribution >= 0.6 is 0 Å². The quantitative estimate of drug-likeness (QED) is 0.827. The van der Waals surface area contributed by atoms with Crippen LogP contribution < -0.4 is 0 Å². The van der Waals surface area contributed by atoms with E-state index in [2.05, 4.69) is 13.2 Å². The van der Waals surface area contributed by atoms with Crippen molar-refractivity contribution in [2.45, 2.75) is 0 Å².